The monoisotopic (exact) mass is 157 g/mol. The highest BCUT2D eigenvalue weighted by molar-refractivity contribution is 4.58. The molecule has 0 aromatic carbocycles. The number of ether oxygens (including phenoxy) is 1. The van der Waals surface area contributed by atoms with Crippen molar-refractivity contribution in [3.63, 3.8) is 0 Å². The maximum Gasteiger partial charge on any atom is 0.0991 e. The Morgan fingerprint density at radius 1 is 1.45 bits per heavy atom. The third-order valence-electron chi connectivity index (χ3n) is 2.08. The Morgan fingerprint density at radius 3 is 2.82 bits per heavy atom. The van der Waals surface area contributed by atoms with Crippen molar-refractivity contribution < 1.29 is 4.74 Å². The van der Waals surface area contributed by atoms with E-state index in [9.17, 15) is 0 Å². The SMILES string of the molecule is CC(C)CCCN1CCOC1. The van der Waals surface area contributed by atoms with Crippen LogP contribution in [0.4, 0.5) is 0 Å². The molecule has 1 rings (SSSR count). The fourth-order valence-corrected chi connectivity index (χ4v) is 1.35. The van der Waals surface area contributed by atoms with Gasteiger partial charge in [0, 0.05) is 13.1 Å². The molecule has 1 aliphatic rings. The van der Waals surface area contributed by atoms with Gasteiger partial charge in [-0.3, -0.25) is 4.90 Å². The molecule has 0 spiro atoms. The Kier molecular flexibility index (Phi) is 3.87. The van der Waals surface area contributed by atoms with Gasteiger partial charge in [0.15, 0.2) is 0 Å². The average Bonchev–Trinajstić information content (AvgIpc) is 2.39. The Bertz CT molecular complexity index is 97.7. The van der Waals surface area contributed by atoms with Gasteiger partial charge in [-0.2, -0.15) is 0 Å². The minimum atomic E-state index is 0.846. The van der Waals surface area contributed by atoms with Gasteiger partial charge in [-0.1, -0.05) is 13.8 Å². The quantitative estimate of drug-likeness (QED) is 0.616. The van der Waals surface area contributed by atoms with Gasteiger partial charge >= 0.3 is 0 Å². The van der Waals surface area contributed by atoms with Crippen LogP contribution in [0.25, 0.3) is 0 Å². The summed E-state index contributed by atoms with van der Waals surface area (Å²) in [7, 11) is 0. The molecular weight excluding hydrogens is 138 g/mol. The van der Waals surface area contributed by atoms with Crippen molar-refractivity contribution in [2.24, 2.45) is 5.92 Å². The van der Waals surface area contributed by atoms with Crippen molar-refractivity contribution in [3.8, 4) is 0 Å². The van der Waals surface area contributed by atoms with Crippen molar-refractivity contribution in [2.45, 2.75) is 26.7 Å². The molecule has 1 fully saturated rings. The van der Waals surface area contributed by atoms with E-state index in [1.54, 1.807) is 0 Å². The summed E-state index contributed by atoms with van der Waals surface area (Å²) < 4.78 is 5.24. The fourth-order valence-electron chi connectivity index (χ4n) is 1.35. The van der Waals surface area contributed by atoms with Crippen LogP contribution in [-0.4, -0.2) is 31.3 Å². The molecule has 1 saturated heterocycles. The molecule has 1 aliphatic heterocycles. The zero-order chi connectivity index (χ0) is 8.10. The topological polar surface area (TPSA) is 12.5 Å². The second-order valence-corrected chi connectivity index (χ2v) is 3.69. The lowest BCUT2D eigenvalue weighted by Crippen LogP contribution is -2.21. The summed E-state index contributed by atoms with van der Waals surface area (Å²) in [5, 5.41) is 0. The van der Waals surface area contributed by atoms with E-state index in [1.807, 2.05) is 0 Å². The van der Waals surface area contributed by atoms with Gasteiger partial charge in [-0.15, -0.1) is 0 Å². The summed E-state index contributed by atoms with van der Waals surface area (Å²) in [6.07, 6.45) is 2.66. The molecule has 2 heteroatoms. The van der Waals surface area contributed by atoms with Crippen LogP contribution in [0.15, 0.2) is 0 Å². The number of hydrogen-bond acceptors (Lipinski definition) is 2. The maximum atomic E-state index is 5.24. The van der Waals surface area contributed by atoms with Crippen molar-refractivity contribution in [2.75, 3.05) is 26.4 Å². The van der Waals surface area contributed by atoms with Gasteiger partial charge in [0.2, 0.25) is 0 Å². The average molecular weight is 157 g/mol. The molecule has 0 bridgehead atoms. The number of nitrogens with zero attached hydrogens (tertiary/aromatic N) is 1. The first kappa shape index (κ1) is 9.01. The maximum absolute atomic E-state index is 5.24. The van der Waals surface area contributed by atoms with E-state index in [4.69, 9.17) is 4.74 Å². The fraction of sp³-hybridized carbons (Fsp3) is 1.00. The highest BCUT2D eigenvalue weighted by Gasteiger charge is 2.10. The lowest BCUT2D eigenvalue weighted by atomic mass is 10.1. The first-order chi connectivity index (χ1) is 5.29. The molecule has 2 nitrogen and oxygen atoms in total. The molecule has 1 heterocycles. The lowest BCUT2D eigenvalue weighted by Gasteiger charge is -2.12. The Labute approximate surface area is 69.5 Å². The van der Waals surface area contributed by atoms with Crippen LogP contribution in [0.3, 0.4) is 0 Å². The van der Waals surface area contributed by atoms with E-state index in [1.165, 1.54) is 19.4 Å². The molecule has 0 unspecified atom stereocenters. The molecule has 0 aliphatic carbocycles. The van der Waals surface area contributed by atoms with Gasteiger partial charge in [0.05, 0.1) is 13.3 Å². The van der Waals surface area contributed by atoms with Crippen LogP contribution < -0.4 is 0 Å². The van der Waals surface area contributed by atoms with Crippen LogP contribution in [0.5, 0.6) is 0 Å². The van der Waals surface area contributed by atoms with Crippen molar-refractivity contribution in [1.82, 2.24) is 4.90 Å². The largest absolute Gasteiger partial charge is 0.365 e. The Balaban J connectivity index is 1.94. The van der Waals surface area contributed by atoms with E-state index in [2.05, 4.69) is 18.7 Å². The van der Waals surface area contributed by atoms with E-state index in [0.29, 0.717) is 0 Å². The minimum absolute atomic E-state index is 0.846. The molecule has 0 radical (unpaired) electrons. The molecule has 0 aromatic heterocycles. The van der Waals surface area contributed by atoms with Gasteiger partial charge in [-0.05, 0) is 18.8 Å². The van der Waals surface area contributed by atoms with E-state index < -0.39 is 0 Å². The molecule has 0 saturated carbocycles. The third-order valence-corrected chi connectivity index (χ3v) is 2.08. The summed E-state index contributed by atoms with van der Waals surface area (Å²) >= 11 is 0. The summed E-state index contributed by atoms with van der Waals surface area (Å²) in [4.78, 5) is 2.38. The van der Waals surface area contributed by atoms with Crippen molar-refractivity contribution in [1.29, 1.82) is 0 Å². The standard InChI is InChI=1S/C9H19NO/c1-9(2)4-3-5-10-6-7-11-8-10/h9H,3-8H2,1-2H3. The van der Waals surface area contributed by atoms with Crippen molar-refractivity contribution >= 4 is 0 Å². The first-order valence-corrected chi connectivity index (χ1v) is 4.59. The highest BCUT2D eigenvalue weighted by Crippen LogP contribution is 2.06. The van der Waals surface area contributed by atoms with Gasteiger partial charge in [0.1, 0.15) is 0 Å². The van der Waals surface area contributed by atoms with Crippen LogP contribution in [0, 0.1) is 5.92 Å². The minimum Gasteiger partial charge on any atom is -0.365 e. The normalized spacial score (nSPS) is 19.9. The van der Waals surface area contributed by atoms with Crippen LogP contribution in [-0.2, 0) is 4.74 Å². The Hall–Kier alpha value is -0.0800. The van der Waals surface area contributed by atoms with Crippen LogP contribution in [0.2, 0.25) is 0 Å². The predicted octanol–water partition coefficient (Wildman–Crippen LogP) is 1.71. The third kappa shape index (κ3) is 3.73. The predicted molar refractivity (Wildman–Crippen MR) is 46.5 cm³/mol. The molecule has 0 aromatic rings. The number of rotatable bonds is 4. The molecule has 66 valence electrons. The van der Waals surface area contributed by atoms with Crippen LogP contribution >= 0.6 is 0 Å². The second kappa shape index (κ2) is 4.73. The van der Waals surface area contributed by atoms with Gasteiger partial charge in [-0.25, -0.2) is 0 Å². The molecule has 0 amide bonds. The zero-order valence-corrected chi connectivity index (χ0v) is 7.68. The van der Waals surface area contributed by atoms with Gasteiger partial charge in [0.25, 0.3) is 0 Å². The molecule has 0 N–H and O–H groups in total. The first-order valence-electron chi connectivity index (χ1n) is 4.59. The zero-order valence-electron chi connectivity index (χ0n) is 7.68. The Morgan fingerprint density at radius 2 is 2.27 bits per heavy atom. The summed E-state index contributed by atoms with van der Waals surface area (Å²) in [5.74, 6) is 0.846. The van der Waals surface area contributed by atoms with E-state index >= 15 is 0 Å². The summed E-state index contributed by atoms with van der Waals surface area (Å²) in [6.45, 7) is 8.71. The smallest absolute Gasteiger partial charge is 0.0991 e. The lowest BCUT2D eigenvalue weighted by molar-refractivity contribution is 0.139. The molecule has 11 heavy (non-hydrogen) atoms. The molecule has 0 atom stereocenters. The van der Waals surface area contributed by atoms with Gasteiger partial charge < -0.3 is 4.74 Å². The summed E-state index contributed by atoms with van der Waals surface area (Å²) in [5.41, 5.74) is 0. The summed E-state index contributed by atoms with van der Waals surface area (Å²) in [6, 6.07) is 0. The van der Waals surface area contributed by atoms with Crippen molar-refractivity contribution in [3.05, 3.63) is 0 Å². The number of hydrogen-bond donors (Lipinski definition) is 0. The van der Waals surface area contributed by atoms with E-state index in [0.717, 1.165) is 25.8 Å². The highest BCUT2D eigenvalue weighted by atomic mass is 16.5. The molecular formula is C9H19NO. The van der Waals surface area contributed by atoms with E-state index in [-0.39, 0.29) is 0 Å². The second-order valence-electron chi connectivity index (χ2n) is 3.69. The van der Waals surface area contributed by atoms with Crippen LogP contribution in [0.1, 0.15) is 26.7 Å².